The average molecular weight is 298 g/mol. The molecule has 0 bridgehead atoms. The van der Waals surface area contributed by atoms with Gasteiger partial charge < -0.3 is 15.4 Å². The van der Waals surface area contributed by atoms with E-state index in [4.69, 9.17) is 10.5 Å². The summed E-state index contributed by atoms with van der Waals surface area (Å²) in [7, 11) is 2.20. The lowest BCUT2D eigenvalue weighted by atomic mass is 9.84. The monoisotopic (exact) mass is 298 g/mol. The van der Waals surface area contributed by atoms with E-state index in [1.165, 1.54) is 32.1 Å². The molecule has 2 N–H and O–H groups in total. The van der Waals surface area contributed by atoms with Crippen LogP contribution in [0.5, 0.6) is 0 Å². The molecule has 0 amide bonds. The van der Waals surface area contributed by atoms with Gasteiger partial charge >= 0.3 is 5.97 Å². The third-order valence-corrected chi connectivity index (χ3v) is 4.97. The lowest BCUT2D eigenvalue weighted by Gasteiger charge is -2.35. The molecule has 0 aromatic heterocycles. The molecule has 1 atom stereocenters. The van der Waals surface area contributed by atoms with E-state index in [1.54, 1.807) is 6.92 Å². The molecule has 0 aliphatic heterocycles. The molecule has 0 radical (unpaired) electrons. The highest BCUT2D eigenvalue weighted by Gasteiger charge is 2.30. The van der Waals surface area contributed by atoms with Gasteiger partial charge in [-0.1, -0.05) is 13.3 Å². The van der Waals surface area contributed by atoms with E-state index >= 15 is 0 Å². The van der Waals surface area contributed by atoms with Crippen LogP contribution in [0.2, 0.25) is 0 Å². The normalized spacial score (nSPS) is 25.6. The van der Waals surface area contributed by atoms with Crippen molar-refractivity contribution in [1.82, 2.24) is 4.90 Å². The Morgan fingerprint density at radius 2 is 1.90 bits per heavy atom. The smallest absolute Gasteiger partial charge is 0.325 e. The fraction of sp³-hybridized carbons (Fsp3) is 0.941. The quantitative estimate of drug-likeness (QED) is 0.700. The summed E-state index contributed by atoms with van der Waals surface area (Å²) in [5.41, 5.74) is 5.20. The lowest BCUT2D eigenvalue weighted by Crippen LogP contribution is -2.46. The number of nitrogens with zero attached hydrogens (tertiary/aromatic N) is 1. The summed E-state index contributed by atoms with van der Waals surface area (Å²) in [6.45, 7) is 7.29. The van der Waals surface area contributed by atoms with E-state index in [2.05, 4.69) is 18.9 Å². The maximum Gasteiger partial charge on any atom is 0.325 e. The summed E-state index contributed by atoms with van der Waals surface area (Å²) in [6.07, 6.45) is 8.30. The SMILES string of the molecule is CCOC(=O)C(C)(N)CCCN(C)C1CCC(CC)CC1. The Balaban J connectivity index is 2.27. The predicted octanol–water partition coefficient (Wildman–Crippen LogP) is 2.95. The van der Waals surface area contributed by atoms with E-state index in [1.807, 2.05) is 6.92 Å². The number of hydrogen-bond donors (Lipinski definition) is 1. The molecule has 1 fully saturated rings. The van der Waals surface area contributed by atoms with Crippen molar-refractivity contribution in [3.8, 4) is 0 Å². The van der Waals surface area contributed by atoms with Crippen LogP contribution in [0.3, 0.4) is 0 Å². The van der Waals surface area contributed by atoms with Gasteiger partial charge in [-0.15, -0.1) is 0 Å². The average Bonchev–Trinajstić information content (AvgIpc) is 2.47. The minimum absolute atomic E-state index is 0.281. The number of ether oxygens (including phenoxy) is 1. The molecule has 0 aromatic rings. The van der Waals surface area contributed by atoms with Crippen LogP contribution in [0.15, 0.2) is 0 Å². The largest absolute Gasteiger partial charge is 0.465 e. The van der Waals surface area contributed by atoms with Gasteiger partial charge in [-0.25, -0.2) is 0 Å². The van der Waals surface area contributed by atoms with Crippen molar-refractivity contribution >= 4 is 5.97 Å². The van der Waals surface area contributed by atoms with E-state index in [0.717, 1.165) is 18.9 Å². The lowest BCUT2D eigenvalue weighted by molar-refractivity contribution is -0.149. The third kappa shape index (κ3) is 5.95. The van der Waals surface area contributed by atoms with Gasteiger partial charge in [0.05, 0.1) is 6.61 Å². The summed E-state index contributed by atoms with van der Waals surface area (Å²) >= 11 is 0. The molecule has 0 saturated heterocycles. The zero-order valence-corrected chi connectivity index (χ0v) is 14.4. The molecule has 0 aromatic carbocycles. The Labute approximate surface area is 130 Å². The zero-order chi connectivity index (χ0) is 15.9. The third-order valence-electron chi connectivity index (χ3n) is 4.97. The summed E-state index contributed by atoms with van der Waals surface area (Å²) in [5, 5.41) is 0. The highest BCUT2D eigenvalue weighted by molar-refractivity contribution is 5.79. The van der Waals surface area contributed by atoms with E-state index < -0.39 is 5.54 Å². The standard InChI is InChI=1S/C17H34N2O2/c1-5-14-8-10-15(11-9-14)19(4)13-7-12-17(3,18)16(20)21-6-2/h14-15H,5-13,18H2,1-4H3. The maximum absolute atomic E-state index is 11.8. The molecular weight excluding hydrogens is 264 g/mol. The first kappa shape index (κ1) is 18.4. The molecule has 1 aliphatic carbocycles. The van der Waals surface area contributed by atoms with Gasteiger partial charge in [0, 0.05) is 6.04 Å². The Hall–Kier alpha value is -0.610. The van der Waals surface area contributed by atoms with Crippen molar-refractivity contribution in [1.29, 1.82) is 0 Å². The molecular formula is C17H34N2O2. The Kier molecular flexibility index (Phi) is 7.67. The van der Waals surface area contributed by atoms with Crippen LogP contribution in [0.1, 0.15) is 65.7 Å². The van der Waals surface area contributed by atoms with Crippen molar-refractivity contribution in [2.45, 2.75) is 77.3 Å². The number of carbonyl (C=O) groups is 1. The van der Waals surface area contributed by atoms with E-state index in [-0.39, 0.29) is 5.97 Å². The van der Waals surface area contributed by atoms with Gasteiger partial charge in [0.2, 0.25) is 0 Å². The highest BCUT2D eigenvalue weighted by Crippen LogP contribution is 2.29. The Morgan fingerprint density at radius 1 is 1.29 bits per heavy atom. The van der Waals surface area contributed by atoms with Gasteiger partial charge in [-0.05, 0) is 71.9 Å². The Morgan fingerprint density at radius 3 is 2.43 bits per heavy atom. The van der Waals surface area contributed by atoms with E-state index in [9.17, 15) is 4.79 Å². The van der Waals surface area contributed by atoms with Crippen LogP contribution in [0.25, 0.3) is 0 Å². The number of nitrogens with two attached hydrogens (primary N) is 1. The molecule has 4 heteroatoms. The highest BCUT2D eigenvalue weighted by atomic mass is 16.5. The van der Waals surface area contributed by atoms with Crippen LogP contribution in [-0.4, -0.2) is 42.6 Å². The second kappa shape index (κ2) is 8.74. The molecule has 124 valence electrons. The molecule has 1 unspecified atom stereocenters. The Bertz CT molecular complexity index is 310. The molecule has 0 spiro atoms. The first-order valence-corrected chi connectivity index (χ1v) is 8.57. The fourth-order valence-corrected chi connectivity index (χ4v) is 3.27. The summed E-state index contributed by atoms with van der Waals surface area (Å²) < 4.78 is 5.03. The van der Waals surface area contributed by atoms with Crippen molar-refractivity contribution in [2.75, 3.05) is 20.2 Å². The molecule has 1 saturated carbocycles. The molecule has 21 heavy (non-hydrogen) atoms. The van der Waals surface area contributed by atoms with Crippen molar-refractivity contribution in [2.24, 2.45) is 11.7 Å². The predicted molar refractivity (Wildman–Crippen MR) is 87.1 cm³/mol. The summed E-state index contributed by atoms with van der Waals surface area (Å²) in [6, 6.07) is 0.708. The zero-order valence-electron chi connectivity index (χ0n) is 14.4. The minimum atomic E-state index is -0.850. The van der Waals surface area contributed by atoms with Crippen LogP contribution in [0.4, 0.5) is 0 Å². The van der Waals surface area contributed by atoms with Gasteiger partial charge in [-0.2, -0.15) is 0 Å². The summed E-state index contributed by atoms with van der Waals surface area (Å²) in [4.78, 5) is 14.2. The van der Waals surface area contributed by atoms with Crippen LogP contribution in [0, 0.1) is 5.92 Å². The van der Waals surface area contributed by atoms with Crippen molar-refractivity contribution in [3.05, 3.63) is 0 Å². The molecule has 1 rings (SSSR count). The van der Waals surface area contributed by atoms with Crippen LogP contribution in [-0.2, 0) is 9.53 Å². The topological polar surface area (TPSA) is 55.6 Å². The summed E-state index contributed by atoms with van der Waals surface area (Å²) in [5.74, 6) is 0.655. The van der Waals surface area contributed by atoms with Crippen LogP contribution >= 0.6 is 0 Å². The molecule has 4 nitrogen and oxygen atoms in total. The number of rotatable bonds is 8. The molecule has 1 aliphatic rings. The number of hydrogen-bond acceptors (Lipinski definition) is 4. The molecule has 0 heterocycles. The second-order valence-electron chi connectivity index (χ2n) is 6.80. The van der Waals surface area contributed by atoms with Crippen molar-refractivity contribution in [3.63, 3.8) is 0 Å². The van der Waals surface area contributed by atoms with Gasteiger partial charge in [0.15, 0.2) is 0 Å². The second-order valence-corrected chi connectivity index (χ2v) is 6.80. The number of esters is 1. The fourth-order valence-electron chi connectivity index (χ4n) is 3.27. The first-order valence-electron chi connectivity index (χ1n) is 8.57. The van der Waals surface area contributed by atoms with Crippen molar-refractivity contribution < 1.29 is 9.53 Å². The van der Waals surface area contributed by atoms with E-state index in [0.29, 0.717) is 19.1 Å². The van der Waals surface area contributed by atoms with Gasteiger partial charge in [0.1, 0.15) is 5.54 Å². The van der Waals surface area contributed by atoms with Crippen LogP contribution < -0.4 is 5.73 Å². The van der Waals surface area contributed by atoms with Gasteiger partial charge in [0.25, 0.3) is 0 Å². The maximum atomic E-state index is 11.8. The van der Waals surface area contributed by atoms with Gasteiger partial charge in [-0.3, -0.25) is 4.79 Å². The number of carbonyl (C=O) groups excluding carboxylic acids is 1. The minimum Gasteiger partial charge on any atom is -0.465 e. The first-order chi connectivity index (χ1) is 9.90.